The summed E-state index contributed by atoms with van der Waals surface area (Å²) in [6.45, 7) is 2.82. The van der Waals surface area contributed by atoms with Gasteiger partial charge in [0.05, 0.1) is 18.0 Å². The van der Waals surface area contributed by atoms with E-state index >= 15 is 0 Å². The Kier molecular flexibility index (Phi) is 5.39. The second-order valence-corrected chi connectivity index (χ2v) is 7.32. The molecule has 0 aliphatic rings. The summed E-state index contributed by atoms with van der Waals surface area (Å²) in [7, 11) is 0. The lowest BCUT2D eigenvalue weighted by molar-refractivity contribution is 0.102. The molecule has 2 aromatic heterocycles. The highest BCUT2D eigenvalue weighted by atomic mass is 32.1. The number of unbranched alkanes of at least 4 members (excludes halogenated alkanes) is 1. The Labute approximate surface area is 167 Å². The molecule has 142 valence electrons. The minimum atomic E-state index is -0.159. The molecule has 1 N–H and O–H groups in total. The highest BCUT2D eigenvalue weighted by molar-refractivity contribution is 7.15. The molecule has 2 heterocycles. The summed E-state index contributed by atoms with van der Waals surface area (Å²) in [6.07, 6.45) is 6.06. The maximum atomic E-state index is 12.7. The Hall–Kier alpha value is -3.12. The summed E-state index contributed by atoms with van der Waals surface area (Å²) in [5.41, 5.74) is 3.05. The zero-order chi connectivity index (χ0) is 19.3. The third kappa shape index (κ3) is 3.92. The first-order valence-electron chi connectivity index (χ1n) is 9.30. The van der Waals surface area contributed by atoms with Gasteiger partial charge in [0.15, 0.2) is 4.96 Å². The molecular weight excluding hydrogens is 370 g/mol. The van der Waals surface area contributed by atoms with Crippen molar-refractivity contribution in [3.63, 3.8) is 0 Å². The molecule has 0 aliphatic carbocycles. The Morgan fingerprint density at radius 1 is 1.18 bits per heavy atom. The van der Waals surface area contributed by atoms with Crippen molar-refractivity contribution in [2.24, 2.45) is 0 Å². The molecule has 0 bridgehead atoms. The fourth-order valence-corrected chi connectivity index (χ4v) is 3.60. The van der Waals surface area contributed by atoms with Crippen LogP contribution in [-0.4, -0.2) is 21.9 Å². The molecule has 28 heavy (non-hydrogen) atoms. The lowest BCUT2D eigenvalue weighted by Crippen LogP contribution is -2.12. The van der Waals surface area contributed by atoms with E-state index < -0.39 is 0 Å². The van der Waals surface area contributed by atoms with Crippen LogP contribution in [0, 0.1) is 0 Å². The molecule has 0 atom stereocenters. The summed E-state index contributed by atoms with van der Waals surface area (Å²) in [5, 5.41) is 5.00. The van der Waals surface area contributed by atoms with Gasteiger partial charge in [0.25, 0.3) is 5.91 Å². The first kappa shape index (κ1) is 18.3. The van der Waals surface area contributed by atoms with E-state index in [0.717, 1.165) is 40.5 Å². The second-order valence-electron chi connectivity index (χ2n) is 6.45. The second kappa shape index (κ2) is 8.27. The molecule has 2 aromatic carbocycles. The van der Waals surface area contributed by atoms with Gasteiger partial charge in [0.2, 0.25) is 0 Å². The monoisotopic (exact) mass is 391 g/mol. The number of para-hydroxylation sites is 1. The first-order valence-corrected chi connectivity index (χ1v) is 10.2. The van der Waals surface area contributed by atoms with Crippen LogP contribution >= 0.6 is 11.3 Å². The Bertz CT molecular complexity index is 1050. The maximum absolute atomic E-state index is 12.7. The summed E-state index contributed by atoms with van der Waals surface area (Å²) >= 11 is 1.58. The van der Waals surface area contributed by atoms with Gasteiger partial charge in [-0.15, -0.1) is 11.3 Å². The number of benzene rings is 2. The molecule has 0 unspecified atom stereocenters. The first-order chi connectivity index (χ1) is 13.7. The van der Waals surface area contributed by atoms with E-state index in [1.165, 1.54) is 0 Å². The highest BCUT2D eigenvalue weighted by Gasteiger charge is 2.13. The van der Waals surface area contributed by atoms with E-state index in [1.807, 2.05) is 58.6 Å². The van der Waals surface area contributed by atoms with Crippen molar-refractivity contribution in [3.8, 4) is 17.0 Å². The third-order valence-electron chi connectivity index (χ3n) is 4.43. The summed E-state index contributed by atoms with van der Waals surface area (Å²) < 4.78 is 7.64. The average Bonchev–Trinajstić information content (AvgIpc) is 3.31. The quantitative estimate of drug-likeness (QED) is 0.424. The summed E-state index contributed by atoms with van der Waals surface area (Å²) in [5.74, 6) is 0.622. The normalized spacial score (nSPS) is 10.9. The number of carbonyl (C=O) groups excluding carboxylic acids is 1. The van der Waals surface area contributed by atoms with Gasteiger partial charge < -0.3 is 10.1 Å². The van der Waals surface area contributed by atoms with Crippen LogP contribution < -0.4 is 10.1 Å². The van der Waals surface area contributed by atoms with Gasteiger partial charge in [-0.2, -0.15) is 0 Å². The Balaban J connectivity index is 1.51. The van der Waals surface area contributed by atoms with Gasteiger partial charge >= 0.3 is 0 Å². The number of thiazole rings is 1. The van der Waals surface area contributed by atoms with Gasteiger partial charge in [-0.1, -0.05) is 31.5 Å². The molecule has 0 saturated heterocycles. The standard InChI is InChI=1S/C22H21N3O2S/c1-2-3-13-27-17-10-8-16(9-11-17)21(26)23-19-7-5-4-6-18(19)20-15-25-12-14-28-22(25)24-20/h4-12,14-15H,2-3,13H2,1H3,(H,23,26). The van der Waals surface area contributed by atoms with E-state index in [2.05, 4.69) is 17.2 Å². The molecule has 4 rings (SSSR count). The lowest BCUT2D eigenvalue weighted by atomic mass is 10.1. The number of amides is 1. The van der Waals surface area contributed by atoms with E-state index in [-0.39, 0.29) is 5.91 Å². The van der Waals surface area contributed by atoms with Crippen molar-refractivity contribution in [2.45, 2.75) is 19.8 Å². The molecule has 0 aliphatic heterocycles. The lowest BCUT2D eigenvalue weighted by Gasteiger charge is -2.10. The van der Waals surface area contributed by atoms with E-state index in [4.69, 9.17) is 4.74 Å². The number of aromatic nitrogens is 2. The third-order valence-corrected chi connectivity index (χ3v) is 5.20. The largest absolute Gasteiger partial charge is 0.494 e. The summed E-state index contributed by atoms with van der Waals surface area (Å²) in [6, 6.07) is 14.9. The Morgan fingerprint density at radius 3 is 2.79 bits per heavy atom. The minimum absolute atomic E-state index is 0.159. The molecule has 1 amide bonds. The van der Waals surface area contributed by atoms with Gasteiger partial charge in [0, 0.05) is 28.9 Å². The topological polar surface area (TPSA) is 55.6 Å². The predicted octanol–water partition coefficient (Wildman–Crippen LogP) is 5.49. The molecule has 4 aromatic rings. The van der Waals surface area contributed by atoms with Crippen molar-refractivity contribution in [1.29, 1.82) is 0 Å². The van der Waals surface area contributed by atoms with Crippen LogP contribution in [0.3, 0.4) is 0 Å². The number of anilines is 1. The van der Waals surface area contributed by atoms with E-state index in [0.29, 0.717) is 12.2 Å². The van der Waals surface area contributed by atoms with Crippen LogP contribution in [-0.2, 0) is 0 Å². The molecule has 6 heteroatoms. The zero-order valence-corrected chi connectivity index (χ0v) is 16.4. The van der Waals surface area contributed by atoms with Crippen LogP contribution in [0.25, 0.3) is 16.2 Å². The highest BCUT2D eigenvalue weighted by Crippen LogP contribution is 2.29. The molecule has 0 spiro atoms. The number of rotatable bonds is 7. The van der Waals surface area contributed by atoms with Gasteiger partial charge in [-0.05, 0) is 36.8 Å². The fourth-order valence-electron chi connectivity index (χ4n) is 2.90. The van der Waals surface area contributed by atoms with Gasteiger partial charge in [-0.3, -0.25) is 9.20 Å². The number of fused-ring (bicyclic) bond motifs is 1. The summed E-state index contributed by atoms with van der Waals surface area (Å²) in [4.78, 5) is 18.3. The number of carbonyl (C=O) groups is 1. The number of nitrogens with zero attached hydrogens (tertiary/aromatic N) is 2. The van der Waals surface area contributed by atoms with Crippen LogP contribution in [0.5, 0.6) is 5.75 Å². The van der Waals surface area contributed by atoms with Gasteiger partial charge in [0.1, 0.15) is 5.75 Å². The number of hydrogen-bond acceptors (Lipinski definition) is 4. The fraction of sp³-hybridized carbons (Fsp3) is 0.182. The number of imidazole rings is 1. The van der Waals surface area contributed by atoms with Crippen LogP contribution in [0.2, 0.25) is 0 Å². The van der Waals surface area contributed by atoms with Crippen molar-refractivity contribution in [3.05, 3.63) is 71.9 Å². The average molecular weight is 391 g/mol. The van der Waals surface area contributed by atoms with E-state index in [9.17, 15) is 4.79 Å². The van der Waals surface area contributed by atoms with Crippen molar-refractivity contribution < 1.29 is 9.53 Å². The van der Waals surface area contributed by atoms with Crippen LogP contribution in [0.15, 0.2) is 66.3 Å². The predicted molar refractivity (Wildman–Crippen MR) is 113 cm³/mol. The van der Waals surface area contributed by atoms with Gasteiger partial charge in [-0.25, -0.2) is 4.98 Å². The number of nitrogens with one attached hydrogen (secondary N) is 1. The molecule has 0 radical (unpaired) electrons. The van der Waals surface area contributed by atoms with Crippen molar-refractivity contribution >= 4 is 27.9 Å². The Morgan fingerprint density at radius 2 is 2.00 bits per heavy atom. The molecule has 0 saturated carbocycles. The number of ether oxygens (including phenoxy) is 1. The van der Waals surface area contributed by atoms with Crippen molar-refractivity contribution in [1.82, 2.24) is 9.38 Å². The van der Waals surface area contributed by atoms with E-state index in [1.54, 1.807) is 23.5 Å². The maximum Gasteiger partial charge on any atom is 0.255 e. The SMILES string of the molecule is CCCCOc1ccc(C(=O)Nc2ccccc2-c2cn3ccsc3n2)cc1. The number of hydrogen-bond donors (Lipinski definition) is 1. The smallest absolute Gasteiger partial charge is 0.255 e. The van der Waals surface area contributed by atoms with Crippen LogP contribution in [0.4, 0.5) is 5.69 Å². The molecule has 5 nitrogen and oxygen atoms in total. The molecule has 0 fully saturated rings. The van der Waals surface area contributed by atoms with Crippen molar-refractivity contribution in [2.75, 3.05) is 11.9 Å². The minimum Gasteiger partial charge on any atom is -0.494 e. The van der Waals surface area contributed by atoms with Crippen LogP contribution in [0.1, 0.15) is 30.1 Å². The molecular formula is C22H21N3O2S. The zero-order valence-electron chi connectivity index (χ0n) is 15.6.